The van der Waals surface area contributed by atoms with E-state index in [0.29, 0.717) is 6.10 Å². The third kappa shape index (κ3) is 3.20. The molecule has 1 aliphatic heterocycles. The zero-order valence-electron chi connectivity index (χ0n) is 10.7. The van der Waals surface area contributed by atoms with Crippen LogP contribution in [0, 0.1) is 6.92 Å². The second-order valence-electron chi connectivity index (χ2n) is 4.52. The standard InChI is InChI=1S/C14H21NO2/c1-11-4-3-5-12(10-15-2)14(11)17-13-6-8-16-9-7-13/h3-5,13,15H,6-10H2,1-2H3. The van der Waals surface area contributed by atoms with Gasteiger partial charge in [-0.2, -0.15) is 0 Å². The Morgan fingerprint density at radius 2 is 2.12 bits per heavy atom. The van der Waals surface area contributed by atoms with Gasteiger partial charge < -0.3 is 14.8 Å². The van der Waals surface area contributed by atoms with E-state index in [-0.39, 0.29) is 0 Å². The minimum Gasteiger partial charge on any atom is -0.490 e. The SMILES string of the molecule is CNCc1cccc(C)c1OC1CCOCC1. The largest absolute Gasteiger partial charge is 0.490 e. The highest BCUT2D eigenvalue weighted by molar-refractivity contribution is 5.40. The molecule has 1 aromatic carbocycles. The predicted molar refractivity (Wildman–Crippen MR) is 68.4 cm³/mol. The number of hydrogen-bond donors (Lipinski definition) is 1. The smallest absolute Gasteiger partial charge is 0.127 e. The van der Waals surface area contributed by atoms with Crippen molar-refractivity contribution in [1.29, 1.82) is 0 Å². The summed E-state index contributed by atoms with van der Waals surface area (Å²) in [7, 11) is 1.96. The molecule has 1 aromatic rings. The van der Waals surface area contributed by atoms with Crippen LogP contribution in [0.15, 0.2) is 18.2 Å². The van der Waals surface area contributed by atoms with Crippen LogP contribution in [0.2, 0.25) is 0 Å². The third-order valence-electron chi connectivity index (χ3n) is 3.11. The van der Waals surface area contributed by atoms with Gasteiger partial charge in [0.15, 0.2) is 0 Å². The Morgan fingerprint density at radius 3 is 2.82 bits per heavy atom. The summed E-state index contributed by atoms with van der Waals surface area (Å²) < 4.78 is 11.5. The summed E-state index contributed by atoms with van der Waals surface area (Å²) in [6.07, 6.45) is 2.29. The van der Waals surface area contributed by atoms with Crippen LogP contribution in [-0.2, 0) is 11.3 Å². The van der Waals surface area contributed by atoms with Gasteiger partial charge in [-0.05, 0) is 19.5 Å². The molecule has 0 saturated carbocycles. The van der Waals surface area contributed by atoms with Crippen molar-refractivity contribution in [1.82, 2.24) is 5.32 Å². The second kappa shape index (κ2) is 6.03. The average Bonchev–Trinajstić information content (AvgIpc) is 2.35. The maximum absolute atomic E-state index is 6.15. The molecule has 0 aromatic heterocycles. The highest BCUT2D eigenvalue weighted by Crippen LogP contribution is 2.26. The van der Waals surface area contributed by atoms with Gasteiger partial charge in [0.2, 0.25) is 0 Å². The number of para-hydroxylation sites is 1. The fourth-order valence-electron chi connectivity index (χ4n) is 2.17. The molecule has 0 amide bonds. The fourth-order valence-corrected chi connectivity index (χ4v) is 2.17. The second-order valence-corrected chi connectivity index (χ2v) is 4.52. The molecule has 94 valence electrons. The van der Waals surface area contributed by atoms with Gasteiger partial charge in [0.25, 0.3) is 0 Å². The summed E-state index contributed by atoms with van der Waals surface area (Å²) >= 11 is 0. The molecule has 0 unspecified atom stereocenters. The van der Waals surface area contributed by atoms with Crippen molar-refractivity contribution in [3.05, 3.63) is 29.3 Å². The van der Waals surface area contributed by atoms with E-state index < -0.39 is 0 Å². The van der Waals surface area contributed by atoms with Gasteiger partial charge in [-0.15, -0.1) is 0 Å². The molecule has 3 heteroatoms. The molecule has 1 heterocycles. The Kier molecular flexibility index (Phi) is 4.40. The number of rotatable bonds is 4. The molecule has 0 atom stereocenters. The molecular weight excluding hydrogens is 214 g/mol. The van der Waals surface area contributed by atoms with Gasteiger partial charge in [0.05, 0.1) is 13.2 Å². The molecule has 1 fully saturated rings. The van der Waals surface area contributed by atoms with E-state index in [2.05, 4.69) is 30.4 Å². The van der Waals surface area contributed by atoms with Crippen molar-refractivity contribution in [3.8, 4) is 5.75 Å². The summed E-state index contributed by atoms with van der Waals surface area (Å²) in [5.74, 6) is 1.05. The average molecular weight is 235 g/mol. The molecular formula is C14H21NO2. The molecule has 0 aliphatic carbocycles. The molecule has 2 rings (SSSR count). The van der Waals surface area contributed by atoms with Crippen LogP contribution in [0.1, 0.15) is 24.0 Å². The quantitative estimate of drug-likeness (QED) is 0.868. The lowest BCUT2D eigenvalue weighted by Crippen LogP contribution is -2.26. The first-order valence-corrected chi connectivity index (χ1v) is 6.28. The molecule has 1 aliphatic rings. The Labute approximate surface area is 103 Å². The van der Waals surface area contributed by atoms with E-state index in [0.717, 1.165) is 38.3 Å². The monoisotopic (exact) mass is 235 g/mol. The Bertz CT molecular complexity index is 359. The van der Waals surface area contributed by atoms with Gasteiger partial charge >= 0.3 is 0 Å². The van der Waals surface area contributed by atoms with Crippen molar-refractivity contribution in [2.45, 2.75) is 32.4 Å². The van der Waals surface area contributed by atoms with Crippen LogP contribution in [-0.4, -0.2) is 26.4 Å². The van der Waals surface area contributed by atoms with Gasteiger partial charge in [0, 0.05) is 24.9 Å². The van der Waals surface area contributed by atoms with E-state index in [4.69, 9.17) is 9.47 Å². The first kappa shape index (κ1) is 12.4. The third-order valence-corrected chi connectivity index (χ3v) is 3.11. The number of hydrogen-bond acceptors (Lipinski definition) is 3. The van der Waals surface area contributed by atoms with E-state index in [1.165, 1.54) is 11.1 Å². The normalized spacial score (nSPS) is 17.1. The molecule has 3 nitrogen and oxygen atoms in total. The zero-order valence-corrected chi connectivity index (χ0v) is 10.7. The maximum Gasteiger partial charge on any atom is 0.127 e. The van der Waals surface area contributed by atoms with Crippen LogP contribution < -0.4 is 10.1 Å². The lowest BCUT2D eigenvalue weighted by Gasteiger charge is -2.25. The fraction of sp³-hybridized carbons (Fsp3) is 0.571. The first-order chi connectivity index (χ1) is 8.31. The van der Waals surface area contributed by atoms with Gasteiger partial charge in [-0.3, -0.25) is 0 Å². The number of ether oxygens (including phenoxy) is 2. The van der Waals surface area contributed by atoms with Gasteiger partial charge in [-0.1, -0.05) is 18.2 Å². The lowest BCUT2D eigenvalue weighted by atomic mass is 10.1. The highest BCUT2D eigenvalue weighted by Gasteiger charge is 2.17. The molecule has 17 heavy (non-hydrogen) atoms. The van der Waals surface area contributed by atoms with Gasteiger partial charge in [0.1, 0.15) is 11.9 Å². The number of nitrogens with one attached hydrogen (secondary N) is 1. The predicted octanol–water partition coefficient (Wildman–Crippen LogP) is 2.27. The lowest BCUT2D eigenvalue weighted by molar-refractivity contribution is 0.0249. The van der Waals surface area contributed by atoms with Crippen LogP contribution >= 0.6 is 0 Å². The zero-order chi connectivity index (χ0) is 12.1. The first-order valence-electron chi connectivity index (χ1n) is 6.28. The maximum atomic E-state index is 6.15. The summed E-state index contributed by atoms with van der Waals surface area (Å²) in [6, 6.07) is 6.31. The molecule has 0 radical (unpaired) electrons. The van der Waals surface area contributed by atoms with Crippen molar-refractivity contribution in [2.24, 2.45) is 0 Å². The summed E-state index contributed by atoms with van der Waals surface area (Å²) in [6.45, 7) is 4.59. The summed E-state index contributed by atoms with van der Waals surface area (Å²) in [4.78, 5) is 0. The highest BCUT2D eigenvalue weighted by atomic mass is 16.5. The van der Waals surface area contributed by atoms with E-state index in [1.807, 2.05) is 7.05 Å². The van der Waals surface area contributed by atoms with E-state index in [1.54, 1.807) is 0 Å². The van der Waals surface area contributed by atoms with Crippen LogP contribution in [0.25, 0.3) is 0 Å². The summed E-state index contributed by atoms with van der Waals surface area (Å²) in [5.41, 5.74) is 2.45. The minimum atomic E-state index is 0.306. The molecule has 1 N–H and O–H groups in total. The Hall–Kier alpha value is -1.06. The molecule has 0 spiro atoms. The van der Waals surface area contributed by atoms with Crippen molar-refractivity contribution in [2.75, 3.05) is 20.3 Å². The van der Waals surface area contributed by atoms with Crippen LogP contribution in [0.4, 0.5) is 0 Å². The number of benzene rings is 1. The van der Waals surface area contributed by atoms with Crippen molar-refractivity contribution < 1.29 is 9.47 Å². The van der Waals surface area contributed by atoms with Gasteiger partial charge in [-0.25, -0.2) is 0 Å². The Morgan fingerprint density at radius 1 is 1.35 bits per heavy atom. The minimum absolute atomic E-state index is 0.306. The Balaban J connectivity index is 2.12. The van der Waals surface area contributed by atoms with Crippen molar-refractivity contribution in [3.63, 3.8) is 0 Å². The van der Waals surface area contributed by atoms with E-state index >= 15 is 0 Å². The van der Waals surface area contributed by atoms with Crippen molar-refractivity contribution >= 4 is 0 Å². The van der Waals surface area contributed by atoms with Crippen LogP contribution in [0.3, 0.4) is 0 Å². The van der Waals surface area contributed by atoms with Crippen LogP contribution in [0.5, 0.6) is 5.75 Å². The topological polar surface area (TPSA) is 30.5 Å². The summed E-state index contributed by atoms with van der Waals surface area (Å²) in [5, 5.41) is 3.18. The number of aryl methyl sites for hydroxylation is 1. The van der Waals surface area contributed by atoms with E-state index in [9.17, 15) is 0 Å². The molecule has 0 bridgehead atoms. The molecule has 1 saturated heterocycles.